The van der Waals surface area contributed by atoms with Crippen molar-refractivity contribution in [3.63, 3.8) is 0 Å². The summed E-state index contributed by atoms with van der Waals surface area (Å²) in [6.45, 7) is 3.22. The lowest BCUT2D eigenvalue weighted by molar-refractivity contribution is -0.143. The Bertz CT molecular complexity index is 695. The molecule has 0 fully saturated rings. The third kappa shape index (κ3) is 5.95. The van der Waals surface area contributed by atoms with Crippen LogP contribution in [0, 0.1) is 0 Å². The zero-order chi connectivity index (χ0) is 18.1. The van der Waals surface area contributed by atoms with Crippen molar-refractivity contribution in [2.45, 2.75) is 26.3 Å². The fraction of sp³-hybridized carbons (Fsp3) is 0.389. The quantitative estimate of drug-likeness (QED) is 0.681. The van der Waals surface area contributed by atoms with Crippen LogP contribution in [0.15, 0.2) is 36.7 Å². The van der Waals surface area contributed by atoms with Crippen LogP contribution in [0.25, 0.3) is 0 Å². The van der Waals surface area contributed by atoms with Crippen molar-refractivity contribution in [1.82, 2.24) is 14.9 Å². The molecule has 25 heavy (non-hydrogen) atoms. The number of ether oxygens (including phenoxy) is 1. The molecule has 2 aromatic rings. The minimum absolute atomic E-state index is 0.176. The predicted octanol–water partition coefficient (Wildman–Crippen LogP) is 2.11. The van der Waals surface area contributed by atoms with Crippen LogP contribution < -0.4 is 10.6 Å². The summed E-state index contributed by atoms with van der Waals surface area (Å²) in [5, 5.41) is 5.97. The molecule has 1 aromatic carbocycles. The summed E-state index contributed by atoms with van der Waals surface area (Å²) >= 11 is 0. The van der Waals surface area contributed by atoms with Gasteiger partial charge >= 0.3 is 5.97 Å². The fourth-order valence-electron chi connectivity index (χ4n) is 2.16. The minimum atomic E-state index is -0.295. The van der Waals surface area contributed by atoms with E-state index in [2.05, 4.69) is 15.6 Å². The van der Waals surface area contributed by atoms with E-state index in [0.717, 1.165) is 17.9 Å². The summed E-state index contributed by atoms with van der Waals surface area (Å²) < 4.78 is 6.90. The van der Waals surface area contributed by atoms with E-state index in [0.29, 0.717) is 18.7 Å². The van der Waals surface area contributed by atoms with Gasteiger partial charge in [0.25, 0.3) is 5.91 Å². The van der Waals surface area contributed by atoms with Gasteiger partial charge in [0, 0.05) is 37.2 Å². The summed E-state index contributed by atoms with van der Waals surface area (Å²) in [6.07, 6.45) is 4.61. The second kappa shape index (κ2) is 9.46. The molecule has 0 aliphatic rings. The van der Waals surface area contributed by atoms with E-state index in [9.17, 15) is 9.59 Å². The number of aromatic nitrogens is 2. The molecule has 7 nitrogen and oxygen atoms in total. The highest BCUT2D eigenvalue weighted by Gasteiger charge is 2.07. The van der Waals surface area contributed by atoms with E-state index >= 15 is 0 Å². The van der Waals surface area contributed by atoms with Crippen LogP contribution in [-0.4, -0.2) is 34.6 Å². The number of nitrogens with one attached hydrogen (secondary N) is 2. The van der Waals surface area contributed by atoms with E-state index in [1.165, 1.54) is 0 Å². The summed E-state index contributed by atoms with van der Waals surface area (Å²) in [7, 11) is 1.94. The average molecular weight is 344 g/mol. The molecule has 0 aliphatic heterocycles. The molecule has 2 N–H and O–H groups in total. The normalized spacial score (nSPS) is 10.3. The lowest BCUT2D eigenvalue weighted by Gasteiger charge is -2.08. The number of carbonyl (C=O) groups is 2. The molecule has 0 saturated carbocycles. The summed E-state index contributed by atoms with van der Waals surface area (Å²) in [4.78, 5) is 27.7. The van der Waals surface area contributed by atoms with Gasteiger partial charge in [0.05, 0.1) is 19.6 Å². The molecule has 0 atom stereocenters. The van der Waals surface area contributed by atoms with Gasteiger partial charge in [0.2, 0.25) is 0 Å². The standard InChI is InChI=1S/C18H24N4O3/c1-3-12-25-17(23)8-9-20-18(24)14-4-6-15(7-5-14)21-13-16-19-10-11-22(16)2/h4-7,10-11,21H,3,8-9,12-13H2,1-2H3,(H,20,24). The number of hydrogen-bond acceptors (Lipinski definition) is 5. The minimum Gasteiger partial charge on any atom is -0.466 e. The third-order valence-electron chi connectivity index (χ3n) is 3.60. The smallest absolute Gasteiger partial charge is 0.307 e. The second-order valence-electron chi connectivity index (χ2n) is 5.61. The van der Waals surface area contributed by atoms with E-state index in [4.69, 9.17) is 4.74 Å². The van der Waals surface area contributed by atoms with Gasteiger partial charge in [-0.1, -0.05) is 6.92 Å². The number of hydrogen-bond donors (Lipinski definition) is 2. The van der Waals surface area contributed by atoms with E-state index in [-0.39, 0.29) is 24.8 Å². The first kappa shape index (κ1) is 18.5. The zero-order valence-electron chi connectivity index (χ0n) is 14.6. The van der Waals surface area contributed by atoms with Crippen molar-refractivity contribution in [1.29, 1.82) is 0 Å². The number of rotatable bonds is 9. The van der Waals surface area contributed by atoms with Gasteiger partial charge < -0.3 is 19.9 Å². The molecule has 134 valence electrons. The summed E-state index contributed by atoms with van der Waals surface area (Å²) in [5.41, 5.74) is 1.45. The predicted molar refractivity (Wildman–Crippen MR) is 95.2 cm³/mol. The maximum atomic E-state index is 12.0. The molecule has 1 heterocycles. The summed E-state index contributed by atoms with van der Waals surface area (Å²) in [5.74, 6) is 0.423. The van der Waals surface area contributed by atoms with Crippen molar-refractivity contribution in [3.05, 3.63) is 48.0 Å². The van der Waals surface area contributed by atoms with Crippen LogP contribution in [0.1, 0.15) is 35.9 Å². The molecule has 0 aliphatic carbocycles. The molecule has 1 amide bonds. The molecule has 7 heteroatoms. The van der Waals surface area contributed by atoms with E-state index in [1.807, 2.05) is 36.9 Å². The van der Waals surface area contributed by atoms with Gasteiger partial charge in [0.15, 0.2) is 0 Å². The monoisotopic (exact) mass is 344 g/mol. The van der Waals surface area contributed by atoms with Crippen LogP contribution in [0.4, 0.5) is 5.69 Å². The Labute approximate surface area is 147 Å². The topological polar surface area (TPSA) is 85.2 Å². The van der Waals surface area contributed by atoms with E-state index in [1.54, 1.807) is 18.3 Å². The highest BCUT2D eigenvalue weighted by molar-refractivity contribution is 5.94. The highest BCUT2D eigenvalue weighted by Crippen LogP contribution is 2.11. The van der Waals surface area contributed by atoms with Crippen LogP contribution in [-0.2, 0) is 23.1 Å². The van der Waals surface area contributed by atoms with Gasteiger partial charge in [-0.25, -0.2) is 4.98 Å². The SMILES string of the molecule is CCCOC(=O)CCNC(=O)c1ccc(NCc2nccn2C)cc1. The number of benzene rings is 1. The van der Waals surface area contributed by atoms with Crippen LogP contribution in [0.3, 0.4) is 0 Å². The van der Waals surface area contributed by atoms with Gasteiger partial charge in [-0.15, -0.1) is 0 Å². The van der Waals surface area contributed by atoms with Crippen LogP contribution in [0.2, 0.25) is 0 Å². The van der Waals surface area contributed by atoms with Crippen molar-refractivity contribution in [2.24, 2.45) is 7.05 Å². The number of aryl methyl sites for hydroxylation is 1. The molecule has 0 unspecified atom stereocenters. The third-order valence-corrected chi connectivity index (χ3v) is 3.60. The van der Waals surface area contributed by atoms with Crippen molar-refractivity contribution in [3.8, 4) is 0 Å². The van der Waals surface area contributed by atoms with Gasteiger partial charge in [-0.3, -0.25) is 9.59 Å². The first-order chi connectivity index (χ1) is 12.1. The lowest BCUT2D eigenvalue weighted by Crippen LogP contribution is -2.26. The number of carbonyl (C=O) groups excluding carboxylic acids is 2. The number of esters is 1. The molecule has 0 radical (unpaired) electrons. The summed E-state index contributed by atoms with van der Waals surface area (Å²) in [6, 6.07) is 7.16. The molecule has 1 aromatic heterocycles. The molecule has 0 spiro atoms. The number of imidazole rings is 1. The Kier molecular flexibility index (Phi) is 7.00. The number of nitrogens with zero attached hydrogens (tertiary/aromatic N) is 2. The van der Waals surface area contributed by atoms with Gasteiger partial charge in [-0.2, -0.15) is 0 Å². The molecule has 0 bridgehead atoms. The van der Waals surface area contributed by atoms with Crippen molar-refractivity contribution in [2.75, 3.05) is 18.5 Å². The number of anilines is 1. The van der Waals surface area contributed by atoms with Gasteiger partial charge in [-0.05, 0) is 30.7 Å². The Balaban J connectivity index is 1.76. The van der Waals surface area contributed by atoms with E-state index < -0.39 is 0 Å². The average Bonchev–Trinajstić information content (AvgIpc) is 3.03. The Morgan fingerprint density at radius 1 is 1.24 bits per heavy atom. The van der Waals surface area contributed by atoms with Crippen molar-refractivity contribution < 1.29 is 14.3 Å². The van der Waals surface area contributed by atoms with Gasteiger partial charge in [0.1, 0.15) is 5.82 Å². The van der Waals surface area contributed by atoms with Crippen molar-refractivity contribution >= 4 is 17.6 Å². The Hall–Kier alpha value is -2.83. The maximum Gasteiger partial charge on any atom is 0.307 e. The first-order valence-electron chi connectivity index (χ1n) is 8.34. The largest absolute Gasteiger partial charge is 0.466 e. The van der Waals surface area contributed by atoms with Crippen LogP contribution >= 0.6 is 0 Å². The molecule has 0 saturated heterocycles. The molecule has 2 rings (SSSR count). The number of amides is 1. The molecular weight excluding hydrogens is 320 g/mol. The highest BCUT2D eigenvalue weighted by atomic mass is 16.5. The second-order valence-corrected chi connectivity index (χ2v) is 5.61. The lowest BCUT2D eigenvalue weighted by atomic mass is 10.2. The van der Waals surface area contributed by atoms with Crippen LogP contribution in [0.5, 0.6) is 0 Å². The Morgan fingerprint density at radius 3 is 2.64 bits per heavy atom. The fourth-order valence-corrected chi connectivity index (χ4v) is 2.16. The Morgan fingerprint density at radius 2 is 2.00 bits per heavy atom. The maximum absolute atomic E-state index is 12.0. The first-order valence-corrected chi connectivity index (χ1v) is 8.34. The zero-order valence-corrected chi connectivity index (χ0v) is 14.6. The molecular formula is C18H24N4O3.